The minimum atomic E-state index is -0.460. The molecule has 0 saturated heterocycles. The van der Waals surface area contributed by atoms with Gasteiger partial charge in [0.25, 0.3) is 0 Å². The van der Waals surface area contributed by atoms with Crippen LogP contribution in [0.3, 0.4) is 0 Å². The number of benzene rings is 1. The van der Waals surface area contributed by atoms with Crippen molar-refractivity contribution in [1.82, 2.24) is 15.5 Å². The van der Waals surface area contributed by atoms with E-state index in [9.17, 15) is 9.59 Å². The highest BCUT2D eigenvalue weighted by Gasteiger charge is 2.32. The molecule has 0 bridgehead atoms. The topological polar surface area (TPSA) is 61.4 Å². The molecule has 5 nitrogen and oxygen atoms in total. The van der Waals surface area contributed by atoms with Crippen LogP contribution in [0.2, 0.25) is 0 Å². The van der Waals surface area contributed by atoms with Crippen LogP contribution in [0.1, 0.15) is 25.3 Å². The Hall–Kier alpha value is -1.88. The highest BCUT2D eigenvalue weighted by atomic mass is 16.2. The molecule has 0 aromatic heterocycles. The smallest absolute Gasteiger partial charge is 0.321 e. The summed E-state index contributed by atoms with van der Waals surface area (Å²) in [4.78, 5) is 25.3. The molecule has 0 heterocycles. The number of hydrogen-bond acceptors (Lipinski definition) is 3. The second kappa shape index (κ2) is 7.22. The highest BCUT2D eigenvalue weighted by molar-refractivity contribution is 5.95. The quantitative estimate of drug-likeness (QED) is 0.838. The van der Waals surface area contributed by atoms with Gasteiger partial charge in [-0.05, 0) is 31.2 Å². The lowest BCUT2D eigenvalue weighted by Crippen LogP contribution is -2.46. The standard InChI is InChI=1S/C16H23N3O2/c1-12(14-8-9-14)19(10-13-6-4-3-5-7-13)11-15(20)18-16(21)17-2/h3-7,12,14H,8-11H2,1-2H3,(H2,17,18,20,21). The monoisotopic (exact) mass is 289 g/mol. The number of imide groups is 1. The minimum Gasteiger partial charge on any atom is -0.341 e. The Balaban J connectivity index is 1.98. The second-order valence-corrected chi connectivity index (χ2v) is 5.60. The van der Waals surface area contributed by atoms with Crippen molar-refractivity contribution >= 4 is 11.9 Å². The molecular weight excluding hydrogens is 266 g/mol. The molecule has 0 spiro atoms. The van der Waals surface area contributed by atoms with Crippen molar-refractivity contribution in [2.24, 2.45) is 5.92 Å². The first-order valence-electron chi connectivity index (χ1n) is 7.39. The van der Waals surface area contributed by atoms with E-state index in [1.165, 1.54) is 25.5 Å². The summed E-state index contributed by atoms with van der Waals surface area (Å²) in [6, 6.07) is 9.99. The van der Waals surface area contributed by atoms with Gasteiger partial charge >= 0.3 is 6.03 Å². The van der Waals surface area contributed by atoms with Gasteiger partial charge in [-0.25, -0.2) is 4.79 Å². The SMILES string of the molecule is CNC(=O)NC(=O)CN(Cc1ccccc1)C(C)C1CC1. The van der Waals surface area contributed by atoms with E-state index in [2.05, 4.69) is 34.6 Å². The third kappa shape index (κ3) is 4.86. The molecule has 1 fully saturated rings. The van der Waals surface area contributed by atoms with E-state index >= 15 is 0 Å². The van der Waals surface area contributed by atoms with Crippen molar-refractivity contribution in [3.63, 3.8) is 0 Å². The summed E-state index contributed by atoms with van der Waals surface area (Å²) in [5.41, 5.74) is 1.18. The largest absolute Gasteiger partial charge is 0.341 e. The molecule has 0 aliphatic heterocycles. The molecule has 0 radical (unpaired) electrons. The van der Waals surface area contributed by atoms with Crippen LogP contribution >= 0.6 is 0 Å². The van der Waals surface area contributed by atoms with E-state index in [0.717, 1.165) is 6.54 Å². The number of carbonyl (C=O) groups is 2. The molecule has 1 aliphatic rings. The number of urea groups is 1. The molecule has 114 valence electrons. The van der Waals surface area contributed by atoms with Crippen LogP contribution in [-0.2, 0) is 11.3 Å². The summed E-state index contributed by atoms with van der Waals surface area (Å²) >= 11 is 0. The predicted octanol–water partition coefficient (Wildman–Crippen LogP) is 1.74. The molecule has 1 aliphatic carbocycles. The first-order valence-corrected chi connectivity index (χ1v) is 7.39. The highest BCUT2D eigenvalue weighted by Crippen LogP contribution is 2.35. The number of nitrogens with one attached hydrogen (secondary N) is 2. The van der Waals surface area contributed by atoms with Gasteiger partial charge in [0, 0.05) is 19.6 Å². The Morgan fingerprint density at radius 1 is 1.29 bits per heavy atom. The third-order valence-corrected chi connectivity index (χ3v) is 3.94. The Morgan fingerprint density at radius 3 is 2.52 bits per heavy atom. The van der Waals surface area contributed by atoms with E-state index in [0.29, 0.717) is 12.0 Å². The maximum atomic E-state index is 11.9. The molecule has 1 saturated carbocycles. The van der Waals surface area contributed by atoms with Gasteiger partial charge in [-0.3, -0.25) is 15.0 Å². The van der Waals surface area contributed by atoms with E-state index in [1.807, 2.05) is 18.2 Å². The van der Waals surface area contributed by atoms with E-state index in [1.54, 1.807) is 0 Å². The maximum Gasteiger partial charge on any atom is 0.321 e. The lowest BCUT2D eigenvalue weighted by Gasteiger charge is -2.28. The van der Waals surface area contributed by atoms with E-state index in [-0.39, 0.29) is 12.5 Å². The van der Waals surface area contributed by atoms with Crippen LogP contribution in [0, 0.1) is 5.92 Å². The van der Waals surface area contributed by atoms with Gasteiger partial charge in [0.15, 0.2) is 0 Å². The normalized spacial score (nSPS) is 15.6. The van der Waals surface area contributed by atoms with Crippen molar-refractivity contribution in [3.05, 3.63) is 35.9 Å². The number of nitrogens with zero attached hydrogens (tertiary/aromatic N) is 1. The Morgan fingerprint density at radius 2 is 1.95 bits per heavy atom. The number of rotatable bonds is 6. The summed E-state index contributed by atoms with van der Waals surface area (Å²) < 4.78 is 0. The molecule has 5 heteroatoms. The van der Waals surface area contributed by atoms with Crippen molar-refractivity contribution in [2.45, 2.75) is 32.4 Å². The lowest BCUT2D eigenvalue weighted by atomic mass is 10.1. The number of amides is 3. The summed E-state index contributed by atoms with van der Waals surface area (Å²) in [7, 11) is 1.50. The van der Waals surface area contributed by atoms with Crippen molar-refractivity contribution in [2.75, 3.05) is 13.6 Å². The van der Waals surface area contributed by atoms with Gasteiger partial charge in [-0.1, -0.05) is 30.3 Å². The molecule has 2 N–H and O–H groups in total. The van der Waals surface area contributed by atoms with Gasteiger partial charge in [0.2, 0.25) is 5.91 Å². The van der Waals surface area contributed by atoms with Gasteiger partial charge < -0.3 is 5.32 Å². The fourth-order valence-corrected chi connectivity index (χ4v) is 2.45. The first kappa shape index (κ1) is 15.5. The number of carbonyl (C=O) groups excluding carboxylic acids is 2. The van der Waals surface area contributed by atoms with E-state index in [4.69, 9.17) is 0 Å². The van der Waals surface area contributed by atoms with Crippen LogP contribution in [-0.4, -0.2) is 36.5 Å². The van der Waals surface area contributed by atoms with Crippen LogP contribution < -0.4 is 10.6 Å². The zero-order chi connectivity index (χ0) is 15.2. The molecule has 2 rings (SSSR count). The fourth-order valence-electron chi connectivity index (χ4n) is 2.45. The van der Waals surface area contributed by atoms with E-state index < -0.39 is 6.03 Å². The minimum absolute atomic E-state index is 0.236. The summed E-state index contributed by atoms with van der Waals surface area (Å²) in [5.74, 6) is 0.402. The fraction of sp³-hybridized carbons (Fsp3) is 0.500. The predicted molar refractivity (Wildman–Crippen MR) is 81.6 cm³/mol. The summed E-state index contributed by atoms with van der Waals surface area (Å²) in [6.45, 7) is 3.12. The molecule has 21 heavy (non-hydrogen) atoms. The van der Waals surface area contributed by atoms with Crippen LogP contribution in [0.5, 0.6) is 0 Å². The molecule has 1 unspecified atom stereocenters. The summed E-state index contributed by atoms with van der Waals surface area (Å²) in [5, 5.41) is 4.72. The average molecular weight is 289 g/mol. The maximum absolute atomic E-state index is 11.9. The van der Waals surface area contributed by atoms with Crippen LogP contribution in [0.25, 0.3) is 0 Å². The molecule has 1 aromatic rings. The van der Waals surface area contributed by atoms with Gasteiger partial charge in [-0.15, -0.1) is 0 Å². The van der Waals surface area contributed by atoms with Gasteiger partial charge in [-0.2, -0.15) is 0 Å². The average Bonchev–Trinajstić information content (AvgIpc) is 3.31. The third-order valence-electron chi connectivity index (χ3n) is 3.94. The Bertz CT molecular complexity index is 486. The lowest BCUT2D eigenvalue weighted by molar-refractivity contribution is -0.121. The molecule has 1 aromatic carbocycles. The van der Waals surface area contributed by atoms with Crippen LogP contribution in [0.4, 0.5) is 4.79 Å². The van der Waals surface area contributed by atoms with Gasteiger partial charge in [0.1, 0.15) is 0 Å². The molecule has 1 atom stereocenters. The zero-order valence-corrected chi connectivity index (χ0v) is 12.6. The second-order valence-electron chi connectivity index (χ2n) is 5.60. The van der Waals surface area contributed by atoms with Crippen molar-refractivity contribution < 1.29 is 9.59 Å². The van der Waals surface area contributed by atoms with Crippen LogP contribution in [0.15, 0.2) is 30.3 Å². The Kier molecular flexibility index (Phi) is 5.33. The molecule has 3 amide bonds. The van der Waals surface area contributed by atoms with Crippen molar-refractivity contribution in [3.8, 4) is 0 Å². The molecular formula is C16H23N3O2. The summed E-state index contributed by atoms with van der Waals surface area (Å²) in [6.07, 6.45) is 2.45. The van der Waals surface area contributed by atoms with Gasteiger partial charge in [0.05, 0.1) is 6.54 Å². The zero-order valence-electron chi connectivity index (χ0n) is 12.6. The number of hydrogen-bond donors (Lipinski definition) is 2. The van der Waals surface area contributed by atoms with Crippen molar-refractivity contribution in [1.29, 1.82) is 0 Å². The first-order chi connectivity index (χ1) is 10.1. The Labute approximate surface area is 125 Å².